The first-order chi connectivity index (χ1) is 11.1. The van der Waals surface area contributed by atoms with Gasteiger partial charge in [0.05, 0.1) is 11.6 Å². The fourth-order valence-corrected chi connectivity index (χ4v) is 2.71. The van der Waals surface area contributed by atoms with Gasteiger partial charge in [-0.25, -0.2) is 8.78 Å². The minimum absolute atomic E-state index is 0.0642. The largest absolute Gasteiger partial charge is 0.286 e. The summed E-state index contributed by atoms with van der Waals surface area (Å²) in [4.78, 5) is 0. The van der Waals surface area contributed by atoms with E-state index in [0.29, 0.717) is 17.0 Å². The number of fused-ring (bicyclic) bond motifs is 1. The van der Waals surface area contributed by atoms with Crippen molar-refractivity contribution >= 4 is 5.65 Å². The maximum Gasteiger partial charge on any atom is 0.252 e. The average Bonchev–Trinajstić information content (AvgIpc) is 2.98. The van der Waals surface area contributed by atoms with Crippen molar-refractivity contribution in [3.63, 3.8) is 0 Å². The number of nitriles is 1. The Morgan fingerprint density at radius 3 is 2.57 bits per heavy atom. The maximum atomic E-state index is 13.1. The van der Waals surface area contributed by atoms with Crippen molar-refractivity contribution in [3.05, 3.63) is 54.0 Å². The van der Waals surface area contributed by atoms with E-state index in [4.69, 9.17) is 5.26 Å². The molecule has 1 saturated carbocycles. The number of aromatic nitrogens is 3. The molecule has 4 rings (SSSR count). The van der Waals surface area contributed by atoms with Gasteiger partial charge >= 0.3 is 0 Å². The summed E-state index contributed by atoms with van der Waals surface area (Å²) in [5.74, 6) is -2.60. The summed E-state index contributed by atoms with van der Waals surface area (Å²) < 4.78 is 27.9. The van der Waals surface area contributed by atoms with Crippen molar-refractivity contribution in [1.29, 1.82) is 5.26 Å². The van der Waals surface area contributed by atoms with E-state index in [-0.39, 0.29) is 12.8 Å². The molecule has 2 heterocycles. The molecule has 1 aliphatic rings. The topological polar surface area (TPSA) is 54.0 Å². The van der Waals surface area contributed by atoms with Crippen molar-refractivity contribution in [3.8, 4) is 17.2 Å². The highest BCUT2D eigenvalue weighted by atomic mass is 19.3. The highest BCUT2D eigenvalue weighted by Crippen LogP contribution is 2.50. The monoisotopic (exact) mass is 310 g/mol. The second-order valence-electron chi connectivity index (χ2n) is 5.82. The van der Waals surface area contributed by atoms with Gasteiger partial charge in [0.2, 0.25) is 0 Å². The summed E-state index contributed by atoms with van der Waals surface area (Å²) in [6.45, 7) is 0. The van der Waals surface area contributed by atoms with Crippen LogP contribution in [0.3, 0.4) is 0 Å². The van der Waals surface area contributed by atoms with E-state index in [2.05, 4.69) is 16.3 Å². The van der Waals surface area contributed by atoms with Crippen LogP contribution in [-0.2, 0) is 6.42 Å². The lowest BCUT2D eigenvalue weighted by atomic mass is 10.1. The number of nitrogens with zero attached hydrogens (tertiary/aromatic N) is 4. The van der Waals surface area contributed by atoms with Crippen molar-refractivity contribution in [2.75, 3.05) is 0 Å². The minimum Gasteiger partial charge on any atom is -0.286 e. The molecule has 0 N–H and O–H groups in total. The first kappa shape index (κ1) is 13.8. The fourth-order valence-electron chi connectivity index (χ4n) is 2.71. The van der Waals surface area contributed by atoms with Gasteiger partial charge in [-0.15, -0.1) is 10.2 Å². The number of alkyl halides is 2. The van der Waals surface area contributed by atoms with Gasteiger partial charge in [-0.1, -0.05) is 12.1 Å². The lowest BCUT2D eigenvalue weighted by Crippen LogP contribution is -2.01. The molecule has 6 heteroatoms. The van der Waals surface area contributed by atoms with Crippen LogP contribution in [0.2, 0.25) is 0 Å². The highest BCUT2D eigenvalue weighted by molar-refractivity contribution is 5.67. The van der Waals surface area contributed by atoms with Crippen LogP contribution < -0.4 is 0 Å². The van der Waals surface area contributed by atoms with Gasteiger partial charge in [0.15, 0.2) is 5.65 Å². The number of hydrogen-bond donors (Lipinski definition) is 0. The molecule has 0 radical (unpaired) electrons. The quantitative estimate of drug-likeness (QED) is 0.744. The molecule has 1 atom stereocenters. The third-order valence-electron chi connectivity index (χ3n) is 4.21. The standard InChI is InChI=1S/C17H12F2N4/c18-17(19)9-14(17)8-16-22-21-15-7-13(5-6-23(15)16)12-3-1-11(10-20)2-4-12/h1-7,14H,8-9H2. The zero-order chi connectivity index (χ0) is 16.0. The lowest BCUT2D eigenvalue weighted by Gasteiger charge is -2.04. The van der Waals surface area contributed by atoms with E-state index in [1.54, 1.807) is 22.7 Å². The molecule has 0 saturated heterocycles. The first-order valence-corrected chi connectivity index (χ1v) is 7.29. The molecule has 0 aliphatic heterocycles. The molecule has 1 aromatic carbocycles. The van der Waals surface area contributed by atoms with Crippen LogP contribution in [0, 0.1) is 17.2 Å². The number of pyridine rings is 1. The molecule has 0 bridgehead atoms. The summed E-state index contributed by atoms with van der Waals surface area (Å²) in [5.41, 5.74) is 3.14. The van der Waals surface area contributed by atoms with E-state index in [1.165, 1.54) is 0 Å². The Hall–Kier alpha value is -2.81. The third kappa shape index (κ3) is 2.44. The van der Waals surface area contributed by atoms with E-state index in [0.717, 1.165) is 11.1 Å². The summed E-state index contributed by atoms with van der Waals surface area (Å²) in [6.07, 6.45) is 1.98. The number of rotatable bonds is 3. The van der Waals surface area contributed by atoms with E-state index in [1.807, 2.05) is 24.3 Å². The Morgan fingerprint density at radius 2 is 1.91 bits per heavy atom. The van der Waals surface area contributed by atoms with Crippen LogP contribution >= 0.6 is 0 Å². The van der Waals surface area contributed by atoms with Crippen molar-refractivity contribution < 1.29 is 8.78 Å². The van der Waals surface area contributed by atoms with E-state index < -0.39 is 11.8 Å². The van der Waals surface area contributed by atoms with Gasteiger partial charge < -0.3 is 0 Å². The van der Waals surface area contributed by atoms with Crippen molar-refractivity contribution in [1.82, 2.24) is 14.6 Å². The van der Waals surface area contributed by atoms with Crippen LogP contribution in [0.15, 0.2) is 42.6 Å². The molecular weight excluding hydrogens is 298 g/mol. The molecule has 0 spiro atoms. The summed E-state index contributed by atoms with van der Waals surface area (Å²) in [6, 6.07) is 13.1. The third-order valence-corrected chi connectivity index (χ3v) is 4.21. The molecule has 0 amide bonds. The second kappa shape index (κ2) is 4.85. The molecule has 1 fully saturated rings. The maximum absolute atomic E-state index is 13.1. The Labute approximate surface area is 131 Å². The summed E-state index contributed by atoms with van der Waals surface area (Å²) in [5, 5.41) is 17.0. The van der Waals surface area contributed by atoms with Crippen molar-refractivity contribution in [2.24, 2.45) is 5.92 Å². The SMILES string of the molecule is N#Cc1ccc(-c2ccn3c(CC4CC4(F)F)nnc3c2)cc1. The molecular formula is C17H12F2N4. The Balaban J connectivity index is 1.65. The van der Waals surface area contributed by atoms with Crippen LogP contribution in [-0.4, -0.2) is 20.5 Å². The van der Waals surface area contributed by atoms with Crippen molar-refractivity contribution in [2.45, 2.75) is 18.8 Å². The predicted molar refractivity (Wildman–Crippen MR) is 79.9 cm³/mol. The molecule has 114 valence electrons. The van der Waals surface area contributed by atoms with Crippen LogP contribution in [0.1, 0.15) is 17.8 Å². The van der Waals surface area contributed by atoms with Gasteiger partial charge in [0, 0.05) is 25.0 Å². The van der Waals surface area contributed by atoms with E-state index >= 15 is 0 Å². The number of benzene rings is 1. The summed E-state index contributed by atoms with van der Waals surface area (Å²) in [7, 11) is 0. The smallest absolute Gasteiger partial charge is 0.252 e. The fraction of sp³-hybridized carbons (Fsp3) is 0.235. The summed E-state index contributed by atoms with van der Waals surface area (Å²) >= 11 is 0. The highest BCUT2D eigenvalue weighted by Gasteiger charge is 2.56. The van der Waals surface area contributed by atoms with Crippen LogP contribution in [0.25, 0.3) is 16.8 Å². The second-order valence-corrected chi connectivity index (χ2v) is 5.82. The van der Waals surface area contributed by atoms with Gasteiger partial charge in [-0.2, -0.15) is 5.26 Å². The number of halogens is 2. The van der Waals surface area contributed by atoms with Gasteiger partial charge in [0.1, 0.15) is 5.82 Å². The average molecular weight is 310 g/mol. The Kier molecular flexibility index (Phi) is 2.91. The molecule has 2 aromatic heterocycles. The molecule has 1 aliphatic carbocycles. The zero-order valence-electron chi connectivity index (χ0n) is 12.1. The van der Waals surface area contributed by atoms with Gasteiger partial charge in [0.25, 0.3) is 5.92 Å². The number of hydrogen-bond acceptors (Lipinski definition) is 3. The minimum atomic E-state index is -2.55. The molecule has 1 unspecified atom stereocenters. The van der Waals surface area contributed by atoms with Gasteiger partial charge in [-0.05, 0) is 35.4 Å². The van der Waals surface area contributed by atoms with Gasteiger partial charge in [-0.3, -0.25) is 4.40 Å². The molecule has 4 nitrogen and oxygen atoms in total. The molecule has 23 heavy (non-hydrogen) atoms. The predicted octanol–water partition coefficient (Wildman–Crippen LogP) is 3.47. The lowest BCUT2D eigenvalue weighted by molar-refractivity contribution is 0.0984. The first-order valence-electron chi connectivity index (χ1n) is 7.29. The van der Waals surface area contributed by atoms with E-state index in [9.17, 15) is 8.78 Å². The van der Waals surface area contributed by atoms with Crippen LogP contribution in [0.4, 0.5) is 8.78 Å². The zero-order valence-corrected chi connectivity index (χ0v) is 12.1. The van der Waals surface area contributed by atoms with Crippen LogP contribution in [0.5, 0.6) is 0 Å². The Morgan fingerprint density at radius 1 is 1.17 bits per heavy atom. The Bertz CT molecular complexity index is 922. The molecule has 3 aromatic rings. The normalized spacial score (nSPS) is 18.7.